The van der Waals surface area contributed by atoms with Gasteiger partial charge in [-0.15, -0.1) is 0 Å². The number of methoxy groups -OCH3 is 2. The maximum absolute atomic E-state index is 14.4. The molecule has 1 aliphatic rings. The van der Waals surface area contributed by atoms with Crippen molar-refractivity contribution < 1.29 is 28.2 Å². The number of rotatable bonds is 11. The first-order valence-electron chi connectivity index (χ1n) is 11.1. The lowest BCUT2D eigenvalue weighted by atomic mass is 9.92. The number of hydrogen-bond donors (Lipinski definition) is 1. The Morgan fingerprint density at radius 3 is 2.55 bits per heavy atom. The van der Waals surface area contributed by atoms with E-state index in [1.165, 1.54) is 19.2 Å². The molecule has 2 amide bonds. The molecule has 1 heterocycles. The number of nitrogens with zero attached hydrogens (tertiary/aromatic N) is 1. The SMILES string of the molecule is CCCCN1C(=O)CC(C(=O)Nc2ccc(OCCOC)c(F)c2)C1c1ccc(OC)cc1. The minimum Gasteiger partial charge on any atom is -0.497 e. The van der Waals surface area contributed by atoms with E-state index in [-0.39, 0.29) is 30.6 Å². The van der Waals surface area contributed by atoms with E-state index in [2.05, 4.69) is 12.2 Å². The molecule has 0 radical (unpaired) electrons. The molecule has 1 N–H and O–H groups in total. The quantitative estimate of drug-likeness (QED) is 0.511. The van der Waals surface area contributed by atoms with Crippen molar-refractivity contribution in [3.63, 3.8) is 0 Å². The third kappa shape index (κ3) is 6.01. The minimum atomic E-state index is -0.594. The van der Waals surface area contributed by atoms with Gasteiger partial charge >= 0.3 is 0 Å². The highest BCUT2D eigenvalue weighted by Crippen LogP contribution is 2.39. The van der Waals surface area contributed by atoms with Gasteiger partial charge in [-0.25, -0.2) is 4.39 Å². The summed E-state index contributed by atoms with van der Waals surface area (Å²) in [5.41, 5.74) is 1.18. The number of ether oxygens (including phenoxy) is 3. The van der Waals surface area contributed by atoms with Crippen LogP contribution in [0.1, 0.15) is 37.8 Å². The zero-order chi connectivity index (χ0) is 23.8. The summed E-state index contributed by atoms with van der Waals surface area (Å²) in [7, 11) is 3.12. The van der Waals surface area contributed by atoms with E-state index >= 15 is 0 Å². The fourth-order valence-corrected chi connectivity index (χ4v) is 4.00. The zero-order valence-corrected chi connectivity index (χ0v) is 19.3. The van der Waals surface area contributed by atoms with Crippen LogP contribution in [0.4, 0.5) is 10.1 Å². The monoisotopic (exact) mass is 458 g/mol. The number of unbranched alkanes of at least 4 members (excludes halogenated alkanes) is 1. The molecule has 2 aromatic carbocycles. The van der Waals surface area contributed by atoms with E-state index in [1.54, 1.807) is 18.1 Å². The van der Waals surface area contributed by atoms with Crippen LogP contribution in [0.15, 0.2) is 42.5 Å². The van der Waals surface area contributed by atoms with Crippen LogP contribution in [0.5, 0.6) is 11.5 Å². The van der Waals surface area contributed by atoms with Crippen molar-refractivity contribution in [2.75, 3.05) is 39.3 Å². The van der Waals surface area contributed by atoms with Gasteiger partial charge in [0.25, 0.3) is 0 Å². The Labute approximate surface area is 193 Å². The molecule has 7 nitrogen and oxygen atoms in total. The second-order valence-electron chi connectivity index (χ2n) is 7.95. The van der Waals surface area contributed by atoms with Gasteiger partial charge in [0.15, 0.2) is 11.6 Å². The van der Waals surface area contributed by atoms with Gasteiger partial charge in [-0.05, 0) is 36.2 Å². The first-order valence-corrected chi connectivity index (χ1v) is 11.1. The fourth-order valence-electron chi connectivity index (χ4n) is 4.00. The predicted octanol–water partition coefficient (Wildman–Crippen LogP) is 4.19. The molecule has 1 aliphatic heterocycles. The molecule has 0 bridgehead atoms. The molecule has 0 saturated carbocycles. The number of likely N-dealkylation sites (tertiary alicyclic amines) is 1. The fraction of sp³-hybridized carbons (Fsp3) is 0.440. The Morgan fingerprint density at radius 2 is 1.91 bits per heavy atom. The Bertz CT molecular complexity index is 950. The summed E-state index contributed by atoms with van der Waals surface area (Å²) >= 11 is 0. The summed E-state index contributed by atoms with van der Waals surface area (Å²) in [6, 6.07) is 11.3. The molecule has 33 heavy (non-hydrogen) atoms. The Hall–Kier alpha value is -3.13. The van der Waals surface area contributed by atoms with Crippen LogP contribution in [0.2, 0.25) is 0 Å². The van der Waals surface area contributed by atoms with Gasteiger partial charge in [0.1, 0.15) is 12.4 Å². The standard InChI is InChI=1S/C25H31FN2O5/c1-4-5-12-28-23(29)16-20(24(28)17-6-9-19(32-3)10-7-17)25(30)27-18-8-11-22(21(26)15-18)33-14-13-31-2/h6-11,15,20,24H,4-5,12-14,16H2,1-3H3,(H,27,30). The molecule has 0 aliphatic carbocycles. The first-order chi connectivity index (χ1) is 16.0. The van der Waals surface area contributed by atoms with Crippen molar-refractivity contribution in [3.8, 4) is 11.5 Å². The molecule has 2 atom stereocenters. The summed E-state index contributed by atoms with van der Waals surface area (Å²) in [4.78, 5) is 27.8. The van der Waals surface area contributed by atoms with Crippen LogP contribution < -0.4 is 14.8 Å². The average Bonchev–Trinajstić information content (AvgIpc) is 3.15. The van der Waals surface area contributed by atoms with Gasteiger partial charge in [-0.3, -0.25) is 9.59 Å². The molecule has 2 unspecified atom stereocenters. The van der Waals surface area contributed by atoms with Crippen LogP contribution in [0, 0.1) is 11.7 Å². The molecule has 8 heteroatoms. The van der Waals surface area contributed by atoms with Crippen molar-refractivity contribution in [2.24, 2.45) is 5.92 Å². The van der Waals surface area contributed by atoms with Gasteiger partial charge in [0.2, 0.25) is 11.8 Å². The van der Waals surface area contributed by atoms with Crippen molar-refractivity contribution in [3.05, 3.63) is 53.8 Å². The van der Waals surface area contributed by atoms with Crippen LogP contribution >= 0.6 is 0 Å². The number of hydrogen-bond acceptors (Lipinski definition) is 5. The van der Waals surface area contributed by atoms with Crippen LogP contribution in [0.25, 0.3) is 0 Å². The number of benzene rings is 2. The maximum atomic E-state index is 14.4. The Morgan fingerprint density at radius 1 is 1.15 bits per heavy atom. The van der Waals surface area contributed by atoms with Crippen molar-refractivity contribution >= 4 is 17.5 Å². The molecule has 2 aromatic rings. The third-order valence-electron chi connectivity index (χ3n) is 5.72. The van der Waals surface area contributed by atoms with Gasteiger partial charge < -0.3 is 24.4 Å². The maximum Gasteiger partial charge on any atom is 0.230 e. The van der Waals surface area contributed by atoms with Crippen molar-refractivity contribution in [1.29, 1.82) is 0 Å². The highest BCUT2D eigenvalue weighted by atomic mass is 19.1. The smallest absolute Gasteiger partial charge is 0.230 e. The van der Waals surface area contributed by atoms with Crippen LogP contribution in [-0.4, -0.2) is 50.7 Å². The number of amides is 2. The zero-order valence-electron chi connectivity index (χ0n) is 19.3. The van der Waals surface area contributed by atoms with Crippen LogP contribution in [-0.2, 0) is 14.3 Å². The number of carbonyl (C=O) groups excluding carboxylic acids is 2. The molecule has 1 saturated heterocycles. The normalized spacial score (nSPS) is 17.8. The van der Waals surface area contributed by atoms with E-state index in [1.807, 2.05) is 24.3 Å². The number of halogens is 1. The summed E-state index contributed by atoms with van der Waals surface area (Å²) < 4.78 is 29.8. The Kier molecular flexibility index (Phi) is 8.65. The minimum absolute atomic E-state index is 0.0579. The van der Waals surface area contributed by atoms with Gasteiger partial charge in [0.05, 0.1) is 25.7 Å². The third-order valence-corrected chi connectivity index (χ3v) is 5.72. The highest BCUT2D eigenvalue weighted by molar-refractivity contribution is 5.98. The second-order valence-corrected chi connectivity index (χ2v) is 7.95. The molecule has 0 spiro atoms. The van der Waals surface area contributed by atoms with E-state index in [4.69, 9.17) is 14.2 Å². The van der Waals surface area contributed by atoms with Crippen molar-refractivity contribution in [1.82, 2.24) is 4.90 Å². The summed E-state index contributed by atoms with van der Waals surface area (Å²) in [6.07, 6.45) is 1.89. The van der Waals surface area contributed by atoms with E-state index in [0.29, 0.717) is 24.6 Å². The molecule has 3 rings (SSSR count). The van der Waals surface area contributed by atoms with E-state index in [0.717, 1.165) is 18.4 Å². The molecular formula is C25H31FN2O5. The average molecular weight is 459 g/mol. The largest absolute Gasteiger partial charge is 0.497 e. The number of nitrogens with one attached hydrogen (secondary N) is 1. The van der Waals surface area contributed by atoms with Crippen LogP contribution in [0.3, 0.4) is 0 Å². The molecule has 178 valence electrons. The Balaban J connectivity index is 1.79. The van der Waals surface area contributed by atoms with Crippen molar-refractivity contribution in [2.45, 2.75) is 32.2 Å². The number of anilines is 1. The van der Waals surface area contributed by atoms with Gasteiger partial charge in [-0.2, -0.15) is 0 Å². The summed E-state index contributed by atoms with van der Waals surface area (Å²) in [6.45, 7) is 3.21. The van der Waals surface area contributed by atoms with E-state index in [9.17, 15) is 14.0 Å². The van der Waals surface area contributed by atoms with E-state index < -0.39 is 17.8 Å². The lowest BCUT2D eigenvalue weighted by molar-refractivity contribution is -0.129. The molecule has 0 aromatic heterocycles. The molecule has 1 fully saturated rings. The number of carbonyl (C=O) groups is 2. The summed E-state index contributed by atoms with van der Waals surface area (Å²) in [5, 5.41) is 2.78. The lowest BCUT2D eigenvalue weighted by Crippen LogP contribution is -2.33. The molecular weight excluding hydrogens is 427 g/mol. The second kappa shape index (κ2) is 11.7. The van der Waals surface area contributed by atoms with Gasteiger partial charge in [-0.1, -0.05) is 25.5 Å². The topological polar surface area (TPSA) is 77.1 Å². The predicted molar refractivity (Wildman–Crippen MR) is 123 cm³/mol. The van der Waals surface area contributed by atoms with Gasteiger partial charge in [0, 0.05) is 31.8 Å². The highest BCUT2D eigenvalue weighted by Gasteiger charge is 2.44. The lowest BCUT2D eigenvalue weighted by Gasteiger charge is -2.28. The first kappa shape index (κ1) is 24.5. The summed E-state index contributed by atoms with van der Waals surface area (Å²) in [5.74, 6) is -0.769.